The molecule has 2 nitrogen and oxygen atoms in total. The van der Waals surface area contributed by atoms with Gasteiger partial charge in [0.15, 0.2) is 0 Å². The maximum Gasteiger partial charge on any atom is 0.0725 e. The van der Waals surface area contributed by atoms with Crippen LogP contribution in [0.25, 0.3) is 10.9 Å². The van der Waals surface area contributed by atoms with Crippen molar-refractivity contribution >= 4 is 16.6 Å². The van der Waals surface area contributed by atoms with Crippen LogP contribution < -0.4 is 5.32 Å². The molecule has 2 fully saturated rings. The molecule has 2 aliphatic carbocycles. The van der Waals surface area contributed by atoms with Crippen LogP contribution in [0.15, 0.2) is 30.3 Å². The molecule has 2 bridgehead atoms. The number of pyridine rings is 1. The first-order valence-corrected chi connectivity index (χ1v) is 7.42. The molecule has 1 aromatic carbocycles. The molecular formula is C17H20N2. The average Bonchev–Trinajstić information content (AvgIpc) is 3.01. The van der Waals surface area contributed by atoms with E-state index in [2.05, 4.69) is 47.6 Å². The molecule has 0 aliphatic heterocycles. The number of rotatable bonds is 2. The van der Waals surface area contributed by atoms with Gasteiger partial charge in [-0.1, -0.05) is 24.6 Å². The summed E-state index contributed by atoms with van der Waals surface area (Å²) in [6, 6.07) is 11.3. The van der Waals surface area contributed by atoms with Gasteiger partial charge in [-0.3, -0.25) is 4.98 Å². The third-order valence-corrected chi connectivity index (χ3v) is 4.92. The van der Waals surface area contributed by atoms with Gasteiger partial charge in [-0.15, -0.1) is 0 Å². The number of nitrogens with zero attached hydrogens (tertiary/aromatic N) is 1. The largest absolute Gasteiger partial charge is 0.381 e. The van der Waals surface area contributed by atoms with Crippen LogP contribution in [0.2, 0.25) is 0 Å². The topological polar surface area (TPSA) is 24.9 Å². The van der Waals surface area contributed by atoms with E-state index in [1.54, 1.807) is 0 Å². The molecule has 4 rings (SSSR count). The Bertz CT molecular complexity index is 620. The Hall–Kier alpha value is -1.57. The van der Waals surface area contributed by atoms with Crippen molar-refractivity contribution in [1.82, 2.24) is 4.98 Å². The summed E-state index contributed by atoms with van der Waals surface area (Å²) < 4.78 is 0. The summed E-state index contributed by atoms with van der Waals surface area (Å²) in [6.07, 6.45) is 5.68. The summed E-state index contributed by atoms with van der Waals surface area (Å²) in [5.41, 5.74) is 3.48. The fourth-order valence-electron chi connectivity index (χ4n) is 4.05. The van der Waals surface area contributed by atoms with E-state index in [4.69, 9.17) is 0 Å². The van der Waals surface area contributed by atoms with Crippen LogP contribution >= 0.6 is 0 Å². The zero-order valence-corrected chi connectivity index (χ0v) is 11.4. The second kappa shape index (κ2) is 4.22. The quantitative estimate of drug-likeness (QED) is 0.868. The van der Waals surface area contributed by atoms with Gasteiger partial charge in [0.2, 0.25) is 0 Å². The standard InChI is InChI=1S/C17H20N2/c1-11-8-17(14-4-2-3-5-15(14)18-11)19-16-10-12-6-7-13(16)9-12/h2-5,8,12-13,16H,6-7,9-10H2,1H3,(H,18,19). The number of fused-ring (bicyclic) bond motifs is 3. The number of aromatic nitrogens is 1. The van der Waals surface area contributed by atoms with Crippen molar-refractivity contribution in [2.75, 3.05) is 5.32 Å². The van der Waals surface area contributed by atoms with E-state index < -0.39 is 0 Å². The van der Waals surface area contributed by atoms with Crippen LogP contribution in [-0.2, 0) is 0 Å². The summed E-state index contributed by atoms with van der Waals surface area (Å²) in [7, 11) is 0. The number of hydrogen-bond acceptors (Lipinski definition) is 2. The molecule has 0 saturated heterocycles. The van der Waals surface area contributed by atoms with Crippen molar-refractivity contribution in [3.63, 3.8) is 0 Å². The summed E-state index contributed by atoms with van der Waals surface area (Å²) in [5.74, 6) is 1.88. The van der Waals surface area contributed by atoms with Crippen LogP contribution in [0.1, 0.15) is 31.4 Å². The SMILES string of the molecule is Cc1cc(NC2CC3CCC2C3)c2ccccc2n1. The molecule has 1 aromatic heterocycles. The summed E-state index contributed by atoms with van der Waals surface area (Å²) >= 11 is 0. The normalized spacial score (nSPS) is 29.0. The predicted molar refractivity (Wildman–Crippen MR) is 79.3 cm³/mol. The van der Waals surface area contributed by atoms with Crippen LogP contribution in [0.5, 0.6) is 0 Å². The smallest absolute Gasteiger partial charge is 0.0725 e. The molecule has 98 valence electrons. The highest BCUT2D eigenvalue weighted by Crippen LogP contribution is 2.45. The van der Waals surface area contributed by atoms with Crippen LogP contribution in [0.4, 0.5) is 5.69 Å². The lowest BCUT2D eigenvalue weighted by Crippen LogP contribution is -2.26. The van der Waals surface area contributed by atoms with Gasteiger partial charge in [0.25, 0.3) is 0 Å². The monoisotopic (exact) mass is 252 g/mol. The minimum Gasteiger partial charge on any atom is -0.381 e. The molecule has 3 atom stereocenters. The maximum absolute atomic E-state index is 4.62. The third-order valence-electron chi connectivity index (χ3n) is 4.92. The Morgan fingerprint density at radius 3 is 2.84 bits per heavy atom. The second-order valence-electron chi connectivity index (χ2n) is 6.25. The Balaban J connectivity index is 1.70. The van der Waals surface area contributed by atoms with Crippen molar-refractivity contribution in [3.05, 3.63) is 36.0 Å². The van der Waals surface area contributed by atoms with Gasteiger partial charge in [0.1, 0.15) is 0 Å². The summed E-state index contributed by atoms with van der Waals surface area (Å²) in [4.78, 5) is 4.62. The molecule has 3 unspecified atom stereocenters. The first kappa shape index (κ1) is 11.3. The highest BCUT2D eigenvalue weighted by atomic mass is 14.9. The fourth-order valence-corrected chi connectivity index (χ4v) is 4.05. The number of para-hydroxylation sites is 1. The fraction of sp³-hybridized carbons (Fsp3) is 0.471. The van der Waals surface area contributed by atoms with Crippen molar-refractivity contribution in [2.45, 2.75) is 38.6 Å². The minimum absolute atomic E-state index is 0.684. The Morgan fingerprint density at radius 2 is 2.05 bits per heavy atom. The summed E-state index contributed by atoms with van der Waals surface area (Å²) in [6.45, 7) is 2.08. The summed E-state index contributed by atoms with van der Waals surface area (Å²) in [5, 5.41) is 5.08. The molecule has 0 amide bonds. The molecule has 1 heterocycles. The number of benzene rings is 1. The van der Waals surface area contributed by atoms with Crippen LogP contribution in [-0.4, -0.2) is 11.0 Å². The van der Waals surface area contributed by atoms with E-state index in [0.717, 1.165) is 23.0 Å². The number of anilines is 1. The van der Waals surface area contributed by atoms with E-state index in [-0.39, 0.29) is 0 Å². The molecule has 2 heteroatoms. The first-order valence-electron chi connectivity index (χ1n) is 7.42. The average molecular weight is 252 g/mol. The molecule has 1 N–H and O–H groups in total. The Labute approximate surface area is 114 Å². The molecule has 2 saturated carbocycles. The van der Waals surface area contributed by atoms with Gasteiger partial charge in [0.05, 0.1) is 5.52 Å². The van der Waals surface area contributed by atoms with Crippen LogP contribution in [0, 0.1) is 18.8 Å². The zero-order chi connectivity index (χ0) is 12.8. The Morgan fingerprint density at radius 1 is 1.16 bits per heavy atom. The zero-order valence-electron chi connectivity index (χ0n) is 11.4. The molecule has 0 radical (unpaired) electrons. The lowest BCUT2D eigenvalue weighted by Gasteiger charge is -2.25. The highest BCUT2D eigenvalue weighted by molar-refractivity contribution is 5.91. The lowest BCUT2D eigenvalue weighted by molar-refractivity contribution is 0.440. The third kappa shape index (κ3) is 1.90. The van der Waals surface area contributed by atoms with Gasteiger partial charge < -0.3 is 5.32 Å². The van der Waals surface area contributed by atoms with E-state index in [0.29, 0.717) is 6.04 Å². The predicted octanol–water partition coefficient (Wildman–Crippen LogP) is 4.14. The first-order chi connectivity index (χ1) is 9.29. The second-order valence-corrected chi connectivity index (χ2v) is 6.25. The van der Waals surface area contributed by atoms with Crippen LogP contribution in [0.3, 0.4) is 0 Å². The van der Waals surface area contributed by atoms with E-state index in [1.807, 2.05) is 0 Å². The van der Waals surface area contributed by atoms with Gasteiger partial charge in [-0.25, -0.2) is 0 Å². The molecule has 19 heavy (non-hydrogen) atoms. The van der Waals surface area contributed by atoms with Gasteiger partial charge >= 0.3 is 0 Å². The van der Waals surface area contributed by atoms with Crippen molar-refractivity contribution in [3.8, 4) is 0 Å². The van der Waals surface area contributed by atoms with E-state index >= 15 is 0 Å². The molecule has 2 aromatic rings. The minimum atomic E-state index is 0.684. The van der Waals surface area contributed by atoms with E-state index in [1.165, 1.54) is 36.8 Å². The van der Waals surface area contributed by atoms with E-state index in [9.17, 15) is 0 Å². The van der Waals surface area contributed by atoms with Gasteiger partial charge in [0, 0.05) is 22.8 Å². The van der Waals surface area contributed by atoms with Crippen molar-refractivity contribution < 1.29 is 0 Å². The van der Waals surface area contributed by atoms with Crippen molar-refractivity contribution in [1.29, 1.82) is 0 Å². The number of nitrogens with one attached hydrogen (secondary N) is 1. The number of hydrogen-bond donors (Lipinski definition) is 1. The van der Waals surface area contributed by atoms with Gasteiger partial charge in [-0.05, 0) is 50.2 Å². The molecule has 0 spiro atoms. The molecule has 2 aliphatic rings. The van der Waals surface area contributed by atoms with Crippen molar-refractivity contribution in [2.24, 2.45) is 11.8 Å². The molecular weight excluding hydrogens is 232 g/mol. The van der Waals surface area contributed by atoms with Gasteiger partial charge in [-0.2, -0.15) is 0 Å². The maximum atomic E-state index is 4.62. The number of aryl methyl sites for hydroxylation is 1. The lowest BCUT2D eigenvalue weighted by atomic mass is 9.95. The Kier molecular flexibility index (Phi) is 2.51. The highest BCUT2D eigenvalue weighted by Gasteiger charge is 2.39.